The second kappa shape index (κ2) is 14.7. The first-order chi connectivity index (χ1) is 27.2. The standard InChI is InChI=1S/C51H39N4/c1-51(45-21-12-5-13-22-45)37-44(39-27-31-53-32-28-39)35-50(42-19-10-4-11-20-42)55(51)47-24-14-23-46(36-47)54-48(40-15-6-2-7-16-40)33-43(38-25-29-52-30-26-38)34-49(54)41-17-8-3-9-18-41/h2-37H,1H3/q+1. The summed E-state index contributed by atoms with van der Waals surface area (Å²) < 4.78 is 2.41. The monoisotopic (exact) mass is 707 g/mol. The molecule has 0 amide bonds. The highest BCUT2D eigenvalue weighted by Crippen LogP contribution is 2.46. The van der Waals surface area contributed by atoms with E-state index in [1.54, 1.807) is 0 Å². The Bertz CT molecular complexity index is 2560. The van der Waals surface area contributed by atoms with Gasteiger partial charge in [0.2, 0.25) is 17.1 Å². The van der Waals surface area contributed by atoms with Crippen LogP contribution in [0.15, 0.2) is 219 Å². The second-order valence-corrected chi connectivity index (χ2v) is 13.9. The van der Waals surface area contributed by atoms with Crippen LogP contribution in [0.25, 0.3) is 50.6 Å². The maximum atomic E-state index is 4.33. The van der Waals surface area contributed by atoms with Crippen LogP contribution in [-0.2, 0) is 5.54 Å². The zero-order valence-electron chi connectivity index (χ0n) is 30.6. The molecule has 0 saturated heterocycles. The van der Waals surface area contributed by atoms with Crippen LogP contribution in [0.3, 0.4) is 0 Å². The second-order valence-electron chi connectivity index (χ2n) is 13.9. The fraction of sp³-hybridized carbons (Fsp3) is 0.0392. The number of aromatic nitrogens is 3. The van der Waals surface area contributed by atoms with E-state index < -0.39 is 5.54 Å². The lowest BCUT2D eigenvalue weighted by atomic mass is 9.81. The van der Waals surface area contributed by atoms with E-state index in [1.807, 2.05) is 24.8 Å². The topological polar surface area (TPSA) is 32.9 Å². The Hall–Kier alpha value is -7.17. The third-order valence-electron chi connectivity index (χ3n) is 10.4. The van der Waals surface area contributed by atoms with Crippen molar-refractivity contribution in [1.29, 1.82) is 0 Å². The minimum Gasteiger partial charge on any atom is -0.327 e. The molecule has 55 heavy (non-hydrogen) atoms. The summed E-state index contributed by atoms with van der Waals surface area (Å²) in [7, 11) is 0. The maximum absolute atomic E-state index is 4.33. The molecular formula is C51H39N4+. The van der Waals surface area contributed by atoms with Gasteiger partial charge in [0, 0.05) is 65.9 Å². The van der Waals surface area contributed by atoms with Crippen molar-refractivity contribution in [3.63, 3.8) is 0 Å². The van der Waals surface area contributed by atoms with Crippen molar-refractivity contribution in [1.82, 2.24) is 9.97 Å². The van der Waals surface area contributed by atoms with E-state index in [0.717, 1.165) is 67.4 Å². The first-order valence-electron chi connectivity index (χ1n) is 18.6. The van der Waals surface area contributed by atoms with Crippen LogP contribution in [0.4, 0.5) is 5.69 Å². The van der Waals surface area contributed by atoms with Gasteiger partial charge in [-0.05, 0) is 107 Å². The molecule has 1 aliphatic heterocycles. The average Bonchev–Trinajstić information content (AvgIpc) is 3.27. The molecule has 0 saturated carbocycles. The van der Waals surface area contributed by atoms with Gasteiger partial charge in [0.05, 0.1) is 11.2 Å². The highest BCUT2D eigenvalue weighted by molar-refractivity contribution is 5.95. The normalized spacial score (nSPS) is 15.3. The van der Waals surface area contributed by atoms with Crippen molar-refractivity contribution < 1.29 is 4.57 Å². The van der Waals surface area contributed by atoms with Crippen LogP contribution >= 0.6 is 0 Å². The lowest BCUT2D eigenvalue weighted by Crippen LogP contribution is -2.44. The zero-order valence-corrected chi connectivity index (χ0v) is 30.6. The molecule has 0 spiro atoms. The average molecular weight is 708 g/mol. The van der Waals surface area contributed by atoms with E-state index in [4.69, 9.17) is 0 Å². The molecule has 0 radical (unpaired) electrons. The van der Waals surface area contributed by atoms with E-state index in [0.29, 0.717) is 0 Å². The van der Waals surface area contributed by atoms with Crippen molar-refractivity contribution in [2.24, 2.45) is 0 Å². The number of nitrogens with zero attached hydrogens (tertiary/aromatic N) is 4. The Morgan fingerprint density at radius 1 is 0.455 bits per heavy atom. The molecule has 0 bridgehead atoms. The SMILES string of the molecule is CC1(c2ccccc2)C=C(c2ccncc2)C=C(c2ccccc2)N1c1cccc(-[n+]2c(-c3ccccc3)cc(-c3ccncc3)cc2-c2ccccc2)c1. The summed E-state index contributed by atoms with van der Waals surface area (Å²) in [4.78, 5) is 11.1. The molecule has 5 aromatic carbocycles. The lowest BCUT2D eigenvalue weighted by Gasteiger charge is -2.46. The molecule has 1 unspecified atom stereocenters. The van der Waals surface area contributed by atoms with Crippen LogP contribution in [0.2, 0.25) is 0 Å². The Kier molecular flexibility index (Phi) is 8.99. The summed E-state index contributed by atoms with van der Waals surface area (Å²) in [6, 6.07) is 64.9. The lowest BCUT2D eigenvalue weighted by molar-refractivity contribution is -0.572. The minimum atomic E-state index is -0.557. The summed E-state index contributed by atoms with van der Waals surface area (Å²) in [5, 5.41) is 0. The van der Waals surface area contributed by atoms with Crippen LogP contribution in [0.1, 0.15) is 23.6 Å². The Morgan fingerprint density at radius 2 is 0.964 bits per heavy atom. The van der Waals surface area contributed by atoms with E-state index in [1.165, 1.54) is 5.56 Å². The highest BCUT2D eigenvalue weighted by atomic mass is 15.2. The molecule has 0 aliphatic carbocycles. The van der Waals surface area contributed by atoms with Crippen LogP contribution in [-0.4, -0.2) is 9.97 Å². The maximum Gasteiger partial charge on any atom is 0.219 e. The van der Waals surface area contributed by atoms with E-state index in [2.05, 4.69) is 221 Å². The molecule has 262 valence electrons. The van der Waals surface area contributed by atoms with Gasteiger partial charge in [0.1, 0.15) is 0 Å². The predicted molar refractivity (Wildman–Crippen MR) is 225 cm³/mol. The third-order valence-corrected chi connectivity index (χ3v) is 10.4. The van der Waals surface area contributed by atoms with Gasteiger partial charge in [-0.1, -0.05) is 103 Å². The van der Waals surface area contributed by atoms with Crippen molar-refractivity contribution in [3.8, 4) is 39.3 Å². The Labute approximate surface area is 322 Å². The quantitative estimate of drug-likeness (QED) is 0.147. The number of rotatable bonds is 8. The van der Waals surface area contributed by atoms with E-state index in [9.17, 15) is 0 Å². The first-order valence-corrected chi connectivity index (χ1v) is 18.6. The number of pyridine rings is 3. The summed E-state index contributed by atoms with van der Waals surface area (Å²) in [6.45, 7) is 2.33. The van der Waals surface area contributed by atoms with Gasteiger partial charge in [-0.25, -0.2) is 0 Å². The molecule has 4 heteroatoms. The van der Waals surface area contributed by atoms with E-state index >= 15 is 0 Å². The summed E-state index contributed by atoms with van der Waals surface area (Å²) in [6.07, 6.45) is 12.2. The molecular weight excluding hydrogens is 669 g/mol. The zero-order chi connectivity index (χ0) is 37.0. The molecule has 1 aliphatic rings. The fourth-order valence-electron chi connectivity index (χ4n) is 7.80. The molecule has 4 heterocycles. The Morgan fingerprint density at radius 3 is 1.53 bits per heavy atom. The molecule has 3 aromatic heterocycles. The molecule has 4 nitrogen and oxygen atoms in total. The molecule has 0 N–H and O–H groups in total. The number of hydrogen-bond donors (Lipinski definition) is 0. The van der Waals surface area contributed by atoms with Gasteiger partial charge >= 0.3 is 0 Å². The minimum absolute atomic E-state index is 0.557. The summed E-state index contributed by atoms with van der Waals surface area (Å²) in [5.41, 5.74) is 14.0. The van der Waals surface area contributed by atoms with Crippen LogP contribution in [0.5, 0.6) is 0 Å². The van der Waals surface area contributed by atoms with Crippen LogP contribution < -0.4 is 9.47 Å². The van der Waals surface area contributed by atoms with Crippen molar-refractivity contribution in [2.75, 3.05) is 4.90 Å². The van der Waals surface area contributed by atoms with Crippen molar-refractivity contribution in [2.45, 2.75) is 12.5 Å². The van der Waals surface area contributed by atoms with Crippen LogP contribution in [0, 0.1) is 0 Å². The summed E-state index contributed by atoms with van der Waals surface area (Å²) >= 11 is 0. The Balaban J connectivity index is 1.31. The molecule has 1 atom stereocenters. The highest BCUT2D eigenvalue weighted by Gasteiger charge is 2.39. The number of anilines is 1. The predicted octanol–water partition coefficient (Wildman–Crippen LogP) is 11.6. The van der Waals surface area contributed by atoms with Gasteiger partial charge in [0.15, 0.2) is 0 Å². The molecule has 9 rings (SSSR count). The van der Waals surface area contributed by atoms with Gasteiger partial charge in [-0.15, -0.1) is 0 Å². The smallest absolute Gasteiger partial charge is 0.219 e. The van der Waals surface area contributed by atoms with Crippen molar-refractivity contribution >= 4 is 17.0 Å². The number of hydrogen-bond acceptors (Lipinski definition) is 3. The largest absolute Gasteiger partial charge is 0.327 e. The van der Waals surface area contributed by atoms with Gasteiger partial charge in [0.25, 0.3) is 0 Å². The first kappa shape index (κ1) is 33.7. The third kappa shape index (κ3) is 6.55. The van der Waals surface area contributed by atoms with Gasteiger partial charge in [-0.2, -0.15) is 4.57 Å². The molecule has 0 fully saturated rings. The van der Waals surface area contributed by atoms with Crippen molar-refractivity contribution in [3.05, 3.63) is 236 Å². The fourth-order valence-corrected chi connectivity index (χ4v) is 7.80. The summed E-state index contributed by atoms with van der Waals surface area (Å²) in [5.74, 6) is 0. The van der Waals surface area contributed by atoms with Gasteiger partial charge < -0.3 is 4.90 Å². The van der Waals surface area contributed by atoms with Gasteiger partial charge in [-0.3, -0.25) is 9.97 Å². The molecule has 8 aromatic rings. The number of allylic oxidation sites excluding steroid dienone is 2. The number of benzene rings is 5. The van der Waals surface area contributed by atoms with E-state index in [-0.39, 0.29) is 0 Å².